The predicted octanol–water partition coefficient (Wildman–Crippen LogP) is 2.96. The molecule has 94 valence electrons. The fourth-order valence-corrected chi connectivity index (χ4v) is 1.83. The number of hydrogen-bond acceptors (Lipinski definition) is 2. The van der Waals surface area contributed by atoms with Crippen LogP contribution in [-0.2, 0) is 4.79 Å². The third-order valence-electron chi connectivity index (χ3n) is 2.51. The van der Waals surface area contributed by atoms with Crippen molar-refractivity contribution in [3.05, 3.63) is 28.8 Å². The van der Waals surface area contributed by atoms with Crippen molar-refractivity contribution >= 4 is 23.2 Å². The largest absolute Gasteiger partial charge is 0.324 e. The molecule has 0 radical (unpaired) electrons. The van der Waals surface area contributed by atoms with Crippen LogP contribution in [-0.4, -0.2) is 11.9 Å². The van der Waals surface area contributed by atoms with Gasteiger partial charge in [0.05, 0.1) is 6.04 Å². The van der Waals surface area contributed by atoms with Crippen LogP contribution in [0, 0.1) is 12.8 Å². The molecular formula is C13H19ClN2O. The van der Waals surface area contributed by atoms with Crippen LogP contribution in [0.3, 0.4) is 0 Å². The summed E-state index contributed by atoms with van der Waals surface area (Å²) >= 11 is 5.85. The van der Waals surface area contributed by atoms with E-state index in [4.69, 9.17) is 17.3 Å². The van der Waals surface area contributed by atoms with E-state index in [1.54, 1.807) is 12.1 Å². The predicted molar refractivity (Wildman–Crippen MR) is 72.2 cm³/mol. The normalized spacial score (nSPS) is 12.6. The highest BCUT2D eigenvalue weighted by Crippen LogP contribution is 2.19. The van der Waals surface area contributed by atoms with Gasteiger partial charge in [-0.2, -0.15) is 0 Å². The number of hydrogen-bond donors (Lipinski definition) is 2. The second-order valence-corrected chi connectivity index (χ2v) is 5.12. The number of amides is 1. The minimum atomic E-state index is -0.468. The summed E-state index contributed by atoms with van der Waals surface area (Å²) in [6.07, 6.45) is 0.679. The number of nitrogens with two attached hydrogens (primary N) is 1. The number of anilines is 1. The van der Waals surface area contributed by atoms with Gasteiger partial charge in [0.1, 0.15) is 0 Å². The molecule has 0 aliphatic heterocycles. The fraction of sp³-hybridized carbons (Fsp3) is 0.462. The van der Waals surface area contributed by atoms with Crippen LogP contribution >= 0.6 is 11.6 Å². The fourth-order valence-electron chi connectivity index (χ4n) is 1.61. The number of nitrogens with one attached hydrogen (secondary N) is 1. The zero-order chi connectivity index (χ0) is 13.0. The van der Waals surface area contributed by atoms with E-state index in [1.807, 2.05) is 26.8 Å². The van der Waals surface area contributed by atoms with Crippen LogP contribution in [0.5, 0.6) is 0 Å². The maximum atomic E-state index is 11.8. The second kappa shape index (κ2) is 6.03. The summed E-state index contributed by atoms with van der Waals surface area (Å²) in [5.41, 5.74) is 7.50. The van der Waals surface area contributed by atoms with Crippen molar-refractivity contribution in [2.24, 2.45) is 11.7 Å². The molecule has 0 saturated heterocycles. The average Bonchev–Trinajstić information content (AvgIpc) is 2.21. The van der Waals surface area contributed by atoms with E-state index >= 15 is 0 Å². The Morgan fingerprint density at radius 2 is 2.12 bits per heavy atom. The lowest BCUT2D eigenvalue weighted by molar-refractivity contribution is -0.117. The molecule has 1 aromatic carbocycles. The summed E-state index contributed by atoms with van der Waals surface area (Å²) in [4.78, 5) is 11.8. The molecule has 17 heavy (non-hydrogen) atoms. The van der Waals surface area contributed by atoms with Crippen molar-refractivity contribution in [1.82, 2.24) is 0 Å². The van der Waals surface area contributed by atoms with Gasteiger partial charge < -0.3 is 11.1 Å². The molecule has 0 aliphatic carbocycles. The molecular weight excluding hydrogens is 236 g/mol. The Kier molecular flexibility index (Phi) is 4.97. The summed E-state index contributed by atoms with van der Waals surface area (Å²) in [6.45, 7) is 5.98. The van der Waals surface area contributed by atoms with Crippen molar-refractivity contribution in [1.29, 1.82) is 0 Å². The first-order valence-electron chi connectivity index (χ1n) is 5.72. The van der Waals surface area contributed by atoms with Gasteiger partial charge in [0.2, 0.25) is 5.91 Å². The molecule has 0 aromatic heterocycles. The first kappa shape index (κ1) is 14.0. The van der Waals surface area contributed by atoms with E-state index in [-0.39, 0.29) is 5.91 Å². The van der Waals surface area contributed by atoms with E-state index in [0.29, 0.717) is 17.4 Å². The zero-order valence-electron chi connectivity index (χ0n) is 10.5. The van der Waals surface area contributed by atoms with Gasteiger partial charge in [0.15, 0.2) is 0 Å². The summed E-state index contributed by atoms with van der Waals surface area (Å²) in [6, 6.07) is 4.88. The van der Waals surface area contributed by atoms with Crippen molar-refractivity contribution in [3.63, 3.8) is 0 Å². The Labute approximate surface area is 107 Å². The maximum absolute atomic E-state index is 11.8. The van der Waals surface area contributed by atoms with Gasteiger partial charge in [-0.1, -0.05) is 25.4 Å². The molecule has 0 fully saturated rings. The van der Waals surface area contributed by atoms with Gasteiger partial charge in [-0.05, 0) is 43.0 Å². The third kappa shape index (κ3) is 4.36. The molecule has 1 aromatic rings. The van der Waals surface area contributed by atoms with Crippen molar-refractivity contribution in [2.45, 2.75) is 33.2 Å². The van der Waals surface area contributed by atoms with Crippen LogP contribution in [0.4, 0.5) is 5.69 Å². The molecule has 3 nitrogen and oxygen atoms in total. The summed E-state index contributed by atoms with van der Waals surface area (Å²) in [7, 11) is 0. The monoisotopic (exact) mass is 254 g/mol. The van der Waals surface area contributed by atoms with E-state index in [1.165, 1.54) is 0 Å². The number of carbonyl (C=O) groups is 1. The minimum Gasteiger partial charge on any atom is -0.324 e. The molecule has 0 heterocycles. The molecule has 0 spiro atoms. The molecule has 1 atom stereocenters. The summed E-state index contributed by atoms with van der Waals surface area (Å²) in [5, 5.41) is 3.48. The van der Waals surface area contributed by atoms with Crippen molar-refractivity contribution < 1.29 is 4.79 Å². The summed E-state index contributed by atoms with van der Waals surface area (Å²) in [5.74, 6) is 0.256. The van der Waals surface area contributed by atoms with Gasteiger partial charge in [-0.25, -0.2) is 0 Å². The number of halogens is 1. The lowest BCUT2D eigenvalue weighted by Crippen LogP contribution is -2.36. The number of carbonyl (C=O) groups excluding carboxylic acids is 1. The topological polar surface area (TPSA) is 55.1 Å². The van der Waals surface area contributed by atoms with Gasteiger partial charge in [0.25, 0.3) is 0 Å². The lowest BCUT2D eigenvalue weighted by atomic mass is 10.0. The van der Waals surface area contributed by atoms with Crippen LogP contribution in [0.15, 0.2) is 18.2 Å². The van der Waals surface area contributed by atoms with Gasteiger partial charge in [-0.15, -0.1) is 0 Å². The zero-order valence-corrected chi connectivity index (χ0v) is 11.2. The molecule has 0 aliphatic rings. The third-order valence-corrected chi connectivity index (χ3v) is 2.74. The standard InChI is InChI=1S/C13H19ClN2O/c1-8(2)6-11(15)13(17)16-12-5-4-10(14)7-9(12)3/h4-5,7-8,11H,6,15H2,1-3H3,(H,16,17). The second-order valence-electron chi connectivity index (χ2n) is 4.68. The first-order chi connectivity index (χ1) is 7.90. The highest BCUT2D eigenvalue weighted by Gasteiger charge is 2.15. The number of rotatable bonds is 4. The van der Waals surface area contributed by atoms with Crippen molar-refractivity contribution in [2.75, 3.05) is 5.32 Å². The lowest BCUT2D eigenvalue weighted by Gasteiger charge is -2.15. The van der Waals surface area contributed by atoms with Crippen LogP contribution in [0.1, 0.15) is 25.8 Å². The quantitative estimate of drug-likeness (QED) is 0.868. The highest BCUT2D eigenvalue weighted by atomic mass is 35.5. The Bertz CT molecular complexity index is 404. The van der Waals surface area contributed by atoms with E-state index in [9.17, 15) is 4.79 Å². The van der Waals surface area contributed by atoms with E-state index < -0.39 is 6.04 Å². The Balaban J connectivity index is 2.67. The Morgan fingerprint density at radius 3 is 2.65 bits per heavy atom. The molecule has 1 amide bonds. The summed E-state index contributed by atoms with van der Waals surface area (Å²) < 4.78 is 0. The number of benzene rings is 1. The van der Waals surface area contributed by atoms with Crippen molar-refractivity contribution in [3.8, 4) is 0 Å². The van der Waals surface area contributed by atoms with E-state index in [0.717, 1.165) is 11.3 Å². The highest BCUT2D eigenvalue weighted by molar-refractivity contribution is 6.30. The Hall–Kier alpha value is -1.06. The minimum absolute atomic E-state index is 0.149. The maximum Gasteiger partial charge on any atom is 0.241 e. The SMILES string of the molecule is Cc1cc(Cl)ccc1NC(=O)C(N)CC(C)C. The molecule has 0 saturated carbocycles. The van der Waals surface area contributed by atoms with Crippen LogP contribution in [0.2, 0.25) is 5.02 Å². The van der Waals surface area contributed by atoms with Gasteiger partial charge in [-0.3, -0.25) is 4.79 Å². The molecule has 0 bridgehead atoms. The Morgan fingerprint density at radius 1 is 1.47 bits per heavy atom. The first-order valence-corrected chi connectivity index (χ1v) is 6.10. The number of aryl methyl sites for hydroxylation is 1. The average molecular weight is 255 g/mol. The molecule has 4 heteroatoms. The van der Waals surface area contributed by atoms with Crippen LogP contribution in [0.25, 0.3) is 0 Å². The molecule has 3 N–H and O–H groups in total. The molecule has 1 unspecified atom stereocenters. The van der Waals surface area contributed by atoms with Gasteiger partial charge >= 0.3 is 0 Å². The smallest absolute Gasteiger partial charge is 0.241 e. The van der Waals surface area contributed by atoms with Gasteiger partial charge in [0, 0.05) is 10.7 Å². The van der Waals surface area contributed by atoms with Crippen LogP contribution < -0.4 is 11.1 Å². The molecule has 1 rings (SSSR count). The van der Waals surface area contributed by atoms with E-state index in [2.05, 4.69) is 5.32 Å².